The smallest absolute Gasteiger partial charge is 0.414 e. The summed E-state index contributed by atoms with van der Waals surface area (Å²) >= 11 is 0. The lowest BCUT2D eigenvalue weighted by Crippen LogP contribution is -2.55. The maximum atomic E-state index is 13.6. The number of benzene rings is 1. The Hall–Kier alpha value is -1.36. The van der Waals surface area contributed by atoms with Crippen molar-refractivity contribution in [1.82, 2.24) is 0 Å². The van der Waals surface area contributed by atoms with Crippen LogP contribution in [-0.4, -0.2) is 35.0 Å². The van der Waals surface area contributed by atoms with Crippen molar-refractivity contribution >= 4 is 18.4 Å². The zero-order valence-corrected chi connectivity index (χ0v) is 30.8. The highest BCUT2D eigenvalue weighted by atomic mass is 32.2. The molecule has 3 fully saturated rings. The molecule has 0 aromatic heterocycles. The Balaban J connectivity index is 1.37. The summed E-state index contributed by atoms with van der Waals surface area (Å²) in [5.41, 5.74) is -4.77. The van der Waals surface area contributed by atoms with E-state index in [0.29, 0.717) is 18.4 Å². The van der Waals surface area contributed by atoms with Crippen LogP contribution in [0.1, 0.15) is 92.1 Å². The van der Waals surface area contributed by atoms with E-state index in [1.54, 1.807) is 6.08 Å². The van der Waals surface area contributed by atoms with Gasteiger partial charge in [-0.2, -0.15) is 21.6 Å². The molecule has 260 valence electrons. The molecule has 0 spiro atoms. The molecule has 4 aliphatic rings. The average Bonchev–Trinajstić information content (AvgIpc) is 3.23. The fourth-order valence-corrected chi connectivity index (χ4v) is 11.6. The van der Waals surface area contributed by atoms with Gasteiger partial charge in [-0.05, 0) is 115 Å². The number of hydrogen-bond acceptors (Lipinski definition) is 5. The normalized spacial score (nSPS) is 35.8. The molecule has 0 amide bonds. The molecular weight excluding hydrogens is 630 g/mol. The third kappa shape index (κ3) is 6.62. The van der Waals surface area contributed by atoms with Crippen LogP contribution in [0.5, 0.6) is 0 Å². The standard InChI is InChI=1S/C36H55F3O5SSi/c1-24(22-42-23-25-12-10-9-11-13-25)32-31(43-45(40,41)36(37,38)39)21-30-28-15-14-26-20-27(44-46(7,8)33(2,3)4)16-18-34(26,5)29(28)17-19-35(30,32)6/h9-13,21,24,26-30,32H,14-20,22-23H2,1-8H3/t24-,26?,27+,28-,29+,30+,32+,34+,35+/m1/s1. The van der Waals surface area contributed by atoms with Gasteiger partial charge in [-0.3, -0.25) is 0 Å². The van der Waals surface area contributed by atoms with Crippen molar-refractivity contribution in [1.29, 1.82) is 0 Å². The summed E-state index contributed by atoms with van der Waals surface area (Å²) in [6.07, 6.45) is 9.11. The van der Waals surface area contributed by atoms with Crippen molar-refractivity contribution in [2.24, 2.45) is 46.3 Å². The monoisotopic (exact) mass is 684 g/mol. The van der Waals surface area contributed by atoms with Gasteiger partial charge in [0.2, 0.25) is 0 Å². The molecule has 10 heteroatoms. The number of halogens is 3. The Morgan fingerprint density at radius 1 is 0.978 bits per heavy atom. The Labute approximate surface area is 276 Å². The number of fused-ring (bicyclic) bond motifs is 5. The zero-order chi connectivity index (χ0) is 33.9. The van der Waals surface area contributed by atoms with Gasteiger partial charge in [0, 0.05) is 12.0 Å². The summed E-state index contributed by atoms with van der Waals surface area (Å²) in [6.45, 7) is 18.7. The largest absolute Gasteiger partial charge is 0.534 e. The van der Waals surface area contributed by atoms with Crippen LogP contribution < -0.4 is 0 Å². The molecule has 1 aromatic carbocycles. The second-order valence-electron chi connectivity index (χ2n) is 16.9. The second-order valence-corrected chi connectivity index (χ2v) is 23.2. The Morgan fingerprint density at radius 2 is 1.63 bits per heavy atom. The van der Waals surface area contributed by atoms with Gasteiger partial charge in [0.05, 0.1) is 13.2 Å². The Kier molecular flexibility index (Phi) is 9.77. The van der Waals surface area contributed by atoms with E-state index in [2.05, 4.69) is 47.7 Å². The molecule has 9 atom stereocenters. The molecule has 0 bridgehead atoms. The van der Waals surface area contributed by atoms with E-state index < -0.39 is 35.3 Å². The fraction of sp³-hybridized carbons (Fsp3) is 0.778. The predicted octanol–water partition coefficient (Wildman–Crippen LogP) is 9.86. The lowest BCUT2D eigenvalue weighted by atomic mass is 9.44. The van der Waals surface area contributed by atoms with Gasteiger partial charge in [0.1, 0.15) is 5.76 Å². The van der Waals surface area contributed by atoms with Gasteiger partial charge in [-0.1, -0.05) is 71.9 Å². The van der Waals surface area contributed by atoms with Crippen molar-refractivity contribution in [3.63, 3.8) is 0 Å². The highest BCUT2D eigenvalue weighted by Crippen LogP contribution is 2.68. The molecule has 4 aliphatic carbocycles. The molecule has 0 heterocycles. The topological polar surface area (TPSA) is 61.8 Å². The van der Waals surface area contributed by atoms with Gasteiger partial charge >= 0.3 is 15.6 Å². The molecule has 5 rings (SSSR count). The molecule has 1 unspecified atom stereocenters. The SMILES string of the molecule is C[C@H](COCc1ccccc1)[C@H]1C(OS(=O)(=O)C(F)(F)F)=C[C@H]2[C@@H]3CCC4C[C@@H](O[Si](C)(C)C(C)(C)C)CC[C@]4(C)[C@H]3CC[C@]12C. The van der Waals surface area contributed by atoms with Crippen LogP contribution in [0, 0.1) is 46.3 Å². The highest BCUT2D eigenvalue weighted by molar-refractivity contribution is 7.87. The Bertz CT molecular complexity index is 1370. The lowest BCUT2D eigenvalue weighted by molar-refractivity contribution is -0.125. The van der Waals surface area contributed by atoms with Gasteiger partial charge in [0.15, 0.2) is 8.32 Å². The third-order valence-corrected chi connectivity index (χ3v) is 18.6. The third-order valence-electron chi connectivity index (χ3n) is 13.1. The molecule has 3 saturated carbocycles. The number of allylic oxidation sites excluding steroid dienone is 2. The van der Waals surface area contributed by atoms with Crippen LogP contribution in [0.15, 0.2) is 42.2 Å². The van der Waals surface area contributed by atoms with Crippen LogP contribution in [0.4, 0.5) is 13.2 Å². The summed E-state index contributed by atoms with van der Waals surface area (Å²) in [4.78, 5) is 0. The van der Waals surface area contributed by atoms with Crippen LogP contribution >= 0.6 is 0 Å². The van der Waals surface area contributed by atoms with E-state index >= 15 is 0 Å². The molecular formula is C36H55F3O5SSi. The van der Waals surface area contributed by atoms with Gasteiger partial charge in [-0.15, -0.1) is 0 Å². The van der Waals surface area contributed by atoms with Crippen molar-refractivity contribution in [3.05, 3.63) is 47.7 Å². The summed E-state index contributed by atoms with van der Waals surface area (Å²) < 4.78 is 83.6. The fourth-order valence-electron chi connectivity index (χ4n) is 9.70. The first-order chi connectivity index (χ1) is 21.2. The van der Waals surface area contributed by atoms with Crippen LogP contribution in [0.25, 0.3) is 0 Å². The molecule has 0 radical (unpaired) electrons. The minimum Gasteiger partial charge on any atom is -0.414 e. The average molecular weight is 685 g/mol. The minimum absolute atomic E-state index is 0.0416. The highest BCUT2D eigenvalue weighted by Gasteiger charge is 2.63. The van der Waals surface area contributed by atoms with E-state index in [1.165, 1.54) is 0 Å². The minimum atomic E-state index is -5.79. The van der Waals surface area contributed by atoms with Crippen LogP contribution in [-0.2, 0) is 30.1 Å². The predicted molar refractivity (Wildman–Crippen MR) is 177 cm³/mol. The van der Waals surface area contributed by atoms with E-state index in [0.717, 1.165) is 50.5 Å². The molecule has 1 aromatic rings. The van der Waals surface area contributed by atoms with E-state index in [9.17, 15) is 21.6 Å². The summed E-state index contributed by atoms with van der Waals surface area (Å²) in [6, 6.07) is 9.73. The van der Waals surface area contributed by atoms with Crippen molar-refractivity contribution in [3.8, 4) is 0 Å². The van der Waals surface area contributed by atoms with E-state index in [4.69, 9.17) is 13.3 Å². The Morgan fingerprint density at radius 3 is 2.26 bits per heavy atom. The summed E-state index contributed by atoms with van der Waals surface area (Å²) in [7, 11) is -7.68. The maximum Gasteiger partial charge on any atom is 0.534 e. The first-order valence-corrected chi connectivity index (χ1v) is 21.5. The summed E-state index contributed by atoms with van der Waals surface area (Å²) in [5, 5.41) is 0.160. The number of hydrogen-bond donors (Lipinski definition) is 0. The van der Waals surface area contributed by atoms with Crippen LogP contribution in [0.3, 0.4) is 0 Å². The van der Waals surface area contributed by atoms with Crippen molar-refractivity contribution in [2.75, 3.05) is 6.61 Å². The first kappa shape index (κ1) is 35.9. The molecule has 0 saturated heterocycles. The first-order valence-electron chi connectivity index (χ1n) is 17.2. The lowest BCUT2D eigenvalue weighted by Gasteiger charge is -2.61. The number of alkyl halides is 3. The zero-order valence-electron chi connectivity index (χ0n) is 29.0. The van der Waals surface area contributed by atoms with Crippen LogP contribution in [0.2, 0.25) is 18.1 Å². The van der Waals surface area contributed by atoms with Gasteiger partial charge < -0.3 is 13.3 Å². The number of ether oxygens (including phenoxy) is 1. The van der Waals surface area contributed by atoms with E-state index in [1.807, 2.05) is 37.3 Å². The van der Waals surface area contributed by atoms with Gasteiger partial charge in [-0.25, -0.2) is 0 Å². The molecule has 5 nitrogen and oxygen atoms in total. The second kappa shape index (κ2) is 12.5. The van der Waals surface area contributed by atoms with Crippen molar-refractivity contribution < 1.29 is 34.9 Å². The number of rotatable bonds is 9. The van der Waals surface area contributed by atoms with Gasteiger partial charge in [0.25, 0.3) is 0 Å². The summed E-state index contributed by atoms with van der Waals surface area (Å²) in [5.74, 6) is 0.427. The van der Waals surface area contributed by atoms with Crippen molar-refractivity contribution in [2.45, 2.75) is 123 Å². The molecule has 0 N–H and O–H groups in total. The molecule has 0 aliphatic heterocycles. The quantitative estimate of drug-likeness (QED) is 0.147. The molecule has 46 heavy (non-hydrogen) atoms. The maximum absolute atomic E-state index is 13.6. The van der Waals surface area contributed by atoms with E-state index in [-0.39, 0.29) is 46.7 Å².